The minimum atomic E-state index is -0.124. The Balaban J connectivity index is 1.49. The first kappa shape index (κ1) is 28.3. The van der Waals surface area contributed by atoms with Crippen LogP contribution >= 0.6 is 0 Å². The zero-order valence-electron chi connectivity index (χ0n) is 25.9. The molecule has 0 bridgehead atoms. The summed E-state index contributed by atoms with van der Waals surface area (Å²) >= 11 is 0. The van der Waals surface area contributed by atoms with E-state index in [4.69, 9.17) is 9.47 Å². The van der Waals surface area contributed by atoms with Crippen LogP contribution in [-0.2, 0) is 14.3 Å². The van der Waals surface area contributed by atoms with Gasteiger partial charge in [-0.1, -0.05) is 53.3 Å². The highest BCUT2D eigenvalue weighted by Crippen LogP contribution is 2.77. The monoisotopic (exact) mass is 524 g/mol. The van der Waals surface area contributed by atoms with Crippen molar-refractivity contribution in [2.75, 3.05) is 6.61 Å². The Labute approximate surface area is 233 Å². The van der Waals surface area contributed by atoms with Crippen molar-refractivity contribution in [1.29, 1.82) is 0 Å². The minimum absolute atomic E-state index is 0.124. The van der Waals surface area contributed by atoms with E-state index >= 15 is 0 Å². The van der Waals surface area contributed by atoms with E-state index in [0.717, 1.165) is 18.1 Å². The van der Waals surface area contributed by atoms with E-state index in [2.05, 4.69) is 54.7 Å². The quantitative estimate of drug-likeness (QED) is 0.204. The Morgan fingerprint density at radius 3 is 2.13 bits per heavy atom. The second-order valence-electron chi connectivity index (χ2n) is 16.0. The van der Waals surface area contributed by atoms with Crippen molar-refractivity contribution in [3.63, 3.8) is 0 Å². The van der Waals surface area contributed by atoms with Crippen LogP contribution in [0.2, 0.25) is 0 Å². The third-order valence-corrected chi connectivity index (χ3v) is 14.1. The fraction of sp³-hybridized carbons (Fsp3) is 0.857. The first-order valence-electron chi connectivity index (χ1n) is 15.7. The van der Waals surface area contributed by atoms with Crippen molar-refractivity contribution in [3.05, 3.63) is 24.5 Å². The summed E-state index contributed by atoms with van der Waals surface area (Å²) < 4.78 is 12.2. The summed E-state index contributed by atoms with van der Waals surface area (Å²) in [6, 6.07) is 0. The predicted molar refractivity (Wildman–Crippen MR) is 155 cm³/mol. The highest BCUT2D eigenvalue weighted by atomic mass is 16.5. The number of carbonyl (C=O) groups excluding carboxylic acids is 1. The third kappa shape index (κ3) is 3.82. The Kier molecular flexibility index (Phi) is 6.80. The van der Waals surface area contributed by atoms with E-state index in [1.165, 1.54) is 63.4 Å². The molecular weight excluding hydrogens is 468 g/mol. The van der Waals surface area contributed by atoms with Crippen LogP contribution in [0.5, 0.6) is 0 Å². The Morgan fingerprint density at radius 2 is 1.50 bits per heavy atom. The third-order valence-electron chi connectivity index (χ3n) is 14.1. The van der Waals surface area contributed by atoms with Crippen LogP contribution in [0.1, 0.15) is 120 Å². The first-order chi connectivity index (χ1) is 17.6. The molecule has 0 radical (unpaired) electrons. The highest BCUT2D eigenvalue weighted by molar-refractivity contribution is 5.65. The molecule has 5 aliphatic rings. The lowest BCUT2D eigenvalue weighted by molar-refractivity contribution is -0.251. The van der Waals surface area contributed by atoms with E-state index in [0.29, 0.717) is 46.5 Å². The number of hydrogen-bond donors (Lipinski definition) is 0. The number of esters is 1. The molecule has 0 N–H and O–H groups in total. The molecule has 5 fully saturated rings. The van der Waals surface area contributed by atoms with Crippen LogP contribution < -0.4 is 0 Å². The Hall–Kier alpha value is -1.25. The maximum absolute atomic E-state index is 11.9. The second kappa shape index (κ2) is 9.13. The Morgan fingerprint density at radius 1 is 0.789 bits per heavy atom. The molecule has 10 atom stereocenters. The molecule has 0 aromatic rings. The lowest BCUT2D eigenvalue weighted by atomic mass is 9.32. The van der Waals surface area contributed by atoms with Crippen molar-refractivity contribution in [1.82, 2.24) is 0 Å². The summed E-state index contributed by atoms with van der Waals surface area (Å²) in [5.41, 5.74) is 2.67. The van der Waals surface area contributed by atoms with Gasteiger partial charge in [0, 0.05) is 17.8 Å². The summed E-state index contributed by atoms with van der Waals surface area (Å²) in [4.78, 5) is 11.9. The van der Waals surface area contributed by atoms with Gasteiger partial charge in [0.1, 0.15) is 6.10 Å². The lowest BCUT2D eigenvalue weighted by Crippen LogP contribution is -2.67. The van der Waals surface area contributed by atoms with E-state index in [-0.39, 0.29) is 22.9 Å². The van der Waals surface area contributed by atoms with Gasteiger partial charge >= 0.3 is 5.97 Å². The molecule has 5 rings (SSSR count). The van der Waals surface area contributed by atoms with Crippen molar-refractivity contribution in [2.24, 2.45) is 56.7 Å². The van der Waals surface area contributed by atoms with Gasteiger partial charge in [-0.05, 0) is 124 Å². The largest absolute Gasteiger partial charge is 0.495 e. The topological polar surface area (TPSA) is 35.5 Å². The molecule has 38 heavy (non-hydrogen) atoms. The number of ether oxygens (including phenoxy) is 2. The second-order valence-corrected chi connectivity index (χ2v) is 16.0. The number of carbonyl (C=O) groups is 1. The molecule has 5 aliphatic carbocycles. The van der Waals surface area contributed by atoms with Gasteiger partial charge in [0.15, 0.2) is 0 Å². The fourth-order valence-corrected chi connectivity index (χ4v) is 12.2. The molecule has 0 amide bonds. The molecule has 3 nitrogen and oxygen atoms in total. The van der Waals surface area contributed by atoms with Gasteiger partial charge in [0.05, 0.1) is 12.4 Å². The summed E-state index contributed by atoms with van der Waals surface area (Å²) in [7, 11) is 0. The van der Waals surface area contributed by atoms with Gasteiger partial charge < -0.3 is 9.47 Å². The van der Waals surface area contributed by atoms with Gasteiger partial charge in [-0.25, -0.2) is 0 Å². The van der Waals surface area contributed by atoms with Crippen molar-refractivity contribution in [2.45, 2.75) is 126 Å². The van der Waals surface area contributed by atoms with Gasteiger partial charge in [0.2, 0.25) is 0 Å². The number of hydrogen-bond acceptors (Lipinski definition) is 3. The molecular formula is C35H56O3. The van der Waals surface area contributed by atoms with Crippen molar-refractivity contribution < 1.29 is 14.3 Å². The summed E-state index contributed by atoms with van der Waals surface area (Å²) in [6.07, 6.45) is 12.9. The van der Waals surface area contributed by atoms with Crippen molar-refractivity contribution in [3.8, 4) is 0 Å². The van der Waals surface area contributed by atoms with Crippen LogP contribution in [0.3, 0.4) is 0 Å². The number of rotatable bonds is 5. The predicted octanol–water partition coefficient (Wildman–Crippen LogP) is 9.13. The van der Waals surface area contributed by atoms with Gasteiger partial charge in [-0.15, -0.1) is 0 Å². The zero-order chi connectivity index (χ0) is 27.9. The first-order valence-corrected chi connectivity index (χ1v) is 15.7. The average molecular weight is 525 g/mol. The molecule has 214 valence electrons. The SMILES string of the molecule is C=C(C)OC1CCC2(C)C(CCC3(C)C2CCC2C4C(C(=C)C)CCC4(COC(C)=O)CC[C@]23C)C1(C)C. The number of fused-ring (bicyclic) bond motifs is 7. The standard InChI is InChI=1S/C35H56O3/c1-22(2)25-13-18-35(21-37-24(5)36)20-19-33(9)26(30(25)35)11-12-28-32(8)16-15-29(38-23(3)4)31(6,7)27(32)14-17-34(28,33)10/h25-30H,1,3,11-21H2,2,4-10H3/t25?,26?,27?,28?,29?,30?,32?,33-,34?,35?/m1/s1. The number of allylic oxidation sites excluding steroid dienone is 2. The normalized spacial score (nSPS) is 49.1. The molecule has 0 saturated heterocycles. The van der Waals surface area contributed by atoms with Crippen molar-refractivity contribution >= 4 is 5.97 Å². The van der Waals surface area contributed by atoms with Crippen LogP contribution in [0.25, 0.3) is 0 Å². The molecule has 5 saturated carbocycles. The van der Waals surface area contributed by atoms with E-state index in [9.17, 15) is 4.79 Å². The zero-order valence-corrected chi connectivity index (χ0v) is 25.9. The molecule has 0 spiro atoms. The van der Waals surface area contributed by atoms with Gasteiger partial charge in [-0.3, -0.25) is 4.79 Å². The smallest absolute Gasteiger partial charge is 0.302 e. The van der Waals surface area contributed by atoms with Gasteiger partial charge in [0.25, 0.3) is 0 Å². The lowest BCUT2D eigenvalue weighted by Gasteiger charge is -2.73. The van der Waals surface area contributed by atoms with E-state index < -0.39 is 0 Å². The average Bonchev–Trinajstić information content (AvgIpc) is 3.20. The van der Waals surface area contributed by atoms with Crippen LogP contribution in [0.4, 0.5) is 0 Å². The summed E-state index contributed by atoms with van der Waals surface area (Å²) in [5, 5.41) is 0. The summed E-state index contributed by atoms with van der Waals surface area (Å²) in [5.74, 6) is 4.03. The molecule has 9 unspecified atom stereocenters. The molecule has 0 aromatic heterocycles. The molecule has 0 heterocycles. The Bertz CT molecular complexity index is 995. The molecule has 0 aromatic carbocycles. The maximum atomic E-state index is 11.9. The molecule has 0 aliphatic heterocycles. The van der Waals surface area contributed by atoms with E-state index in [1.54, 1.807) is 6.92 Å². The van der Waals surface area contributed by atoms with Crippen LogP contribution in [0, 0.1) is 56.7 Å². The minimum Gasteiger partial charge on any atom is -0.495 e. The molecule has 3 heteroatoms. The maximum Gasteiger partial charge on any atom is 0.302 e. The van der Waals surface area contributed by atoms with Crippen LogP contribution in [-0.4, -0.2) is 18.7 Å². The summed E-state index contributed by atoms with van der Waals surface area (Å²) in [6.45, 7) is 28.1. The fourth-order valence-electron chi connectivity index (χ4n) is 12.2. The van der Waals surface area contributed by atoms with Crippen LogP contribution in [0.15, 0.2) is 24.5 Å². The highest BCUT2D eigenvalue weighted by Gasteiger charge is 2.71. The van der Waals surface area contributed by atoms with E-state index in [1.807, 2.05) is 6.92 Å². The van der Waals surface area contributed by atoms with Gasteiger partial charge in [-0.2, -0.15) is 0 Å².